The first-order valence-electron chi connectivity index (χ1n) is 6.39. The van der Waals surface area contributed by atoms with Crippen molar-refractivity contribution >= 4 is 7.32 Å². The zero-order valence-electron chi connectivity index (χ0n) is 11.7. The SMILES string of the molecule is [O-]B(Oc1ccccc1)Oc1cc(C(F)(F)F)cc(C(F)(F)F)c1. The maximum Gasteiger partial charge on any atom is 0.492 e. The van der Waals surface area contributed by atoms with Crippen molar-refractivity contribution in [3.05, 3.63) is 59.7 Å². The van der Waals surface area contributed by atoms with Crippen LogP contribution in [-0.2, 0) is 12.4 Å². The molecule has 0 N–H and O–H groups in total. The summed E-state index contributed by atoms with van der Waals surface area (Å²) in [6.07, 6.45) is -10.1. The van der Waals surface area contributed by atoms with Gasteiger partial charge in [-0.2, -0.15) is 26.3 Å². The van der Waals surface area contributed by atoms with Crippen LogP contribution in [0, 0.1) is 0 Å². The van der Waals surface area contributed by atoms with Crippen LogP contribution in [0.3, 0.4) is 0 Å². The van der Waals surface area contributed by atoms with Crippen molar-refractivity contribution < 1.29 is 40.7 Å². The van der Waals surface area contributed by atoms with Crippen LogP contribution in [0.15, 0.2) is 48.5 Å². The van der Waals surface area contributed by atoms with Crippen LogP contribution in [0.4, 0.5) is 26.3 Å². The monoisotopic (exact) mass is 349 g/mol. The molecule has 0 aliphatic carbocycles. The zero-order valence-corrected chi connectivity index (χ0v) is 11.7. The molecule has 10 heteroatoms. The van der Waals surface area contributed by atoms with E-state index in [4.69, 9.17) is 4.65 Å². The molecule has 2 rings (SSSR count). The third kappa shape index (κ3) is 4.82. The fourth-order valence-electron chi connectivity index (χ4n) is 1.74. The Morgan fingerprint density at radius 3 is 1.62 bits per heavy atom. The summed E-state index contributed by atoms with van der Waals surface area (Å²) in [6.45, 7) is 0. The summed E-state index contributed by atoms with van der Waals surface area (Å²) in [4.78, 5) is 0. The van der Waals surface area contributed by atoms with Crippen molar-refractivity contribution in [2.75, 3.05) is 0 Å². The molecule has 0 aromatic heterocycles. The molecule has 3 nitrogen and oxygen atoms in total. The van der Waals surface area contributed by atoms with Gasteiger partial charge in [-0.25, -0.2) is 0 Å². The van der Waals surface area contributed by atoms with Gasteiger partial charge in [0.05, 0.1) is 11.1 Å². The number of rotatable bonds is 4. The van der Waals surface area contributed by atoms with Crippen LogP contribution in [-0.4, -0.2) is 7.32 Å². The highest BCUT2D eigenvalue weighted by molar-refractivity contribution is 6.34. The molecule has 0 heterocycles. The van der Waals surface area contributed by atoms with Crippen LogP contribution < -0.4 is 14.3 Å². The van der Waals surface area contributed by atoms with Crippen LogP contribution >= 0.6 is 0 Å². The number of hydrogen-bond donors (Lipinski definition) is 0. The minimum absolute atomic E-state index is 0.0560. The Kier molecular flexibility index (Phi) is 4.98. The molecule has 2 aromatic carbocycles. The van der Waals surface area contributed by atoms with Crippen LogP contribution in [0.25, 0.3) is 0 Å². The highest BCUT2D eigenvalue weighted by atomic mass is 19.4. The first kappa shape index (κ1) is 18.0. The van der Waals surface area contributed by atoms with Crippen molar-refractivity contribution in [2.24, 2.45) is 0 Å². The lowest BCUT2D eigenvalue weighted by atomic mass is 10.1. The molecule has 0 aliphatic heterocycles. The molecule has 2 aromatic rings. The van der Waals surface area contributed by atoms with E-state index >= 15 is 0 Å². The highest BCUT2D eigenvalue weighted by Gasteiger charge is 2.37. The van der Waals surface area contributed by atoms with E-state index in [9.17, 15) is 31.4 Å². The summed E-state index contributed by atoms with van der Waals surface area (Å²) >= 11 is 0. The van der Waals surface area contributed by atoms with E-state index in [2.05, 4.69) is 4.65 Å². The van der Waals surface area contributed by atoms with Gasteiger partial charge in [0.25, 0.3) is 0 Å². The van der Waals surface area contributed by atoms with Crippen molar-refractivity contribution in [1.82, 2.24) is 0 Å². The lowest BCUT2D eigenvalue weighted by molar-refractivity contribution is -0.235. The van der Waals surface area contributed by atoms with Gasteiger partial charge in [0.15, 0.2) is 0 Å². The number of halogens is 6. The Morgan fingerprint density at radius 2 is 1.17 bits per heavy atom. The summed E-state index contributed by atoms with van der Waals surface area (Å²) in [5.74, 6) is -0.839. The van der Waals surface area contributed by atoms with Crippen molar-refractivity contribution in [3.63, 3.8) is 0 Å². The second kappa shape index (κ2) is 6.64. The minimum Gasteiger partial charge on any atom is -0.808 e. The Hall–Kier alpha value is -2.36. The molecule has 0 amide bonds. The molecular formula is C14H8BF6O3-. The Balaban J connectivity index is 2.25. The summed E-state index contributed by atoms with van der Waals surface area (Å²) in [7, 11) is -2.34. The summed E-state index contributed by atoms with van der Waals surface area (Å²) < 4.78 is 85.4. The van der Waals surface area contributed by atoms with E-state index in [0.29, 0.717) is 12.1 Å². The van der Waals surface area contributed by atoms with Crippen molar-refractivity contribution in [2.45, 2.75) is 12.4 Å². The standard InChI is InChI=1S/C14H8BF6O3/c16-13(17,18)9-6-10(14(19,20)21)8-12(7-9)24-15(22)23-11-4-2-1-3-5-11/h1-8H/q-1. The third-order valence-electron chi connectivity index (χ3n) is 2.77. The van der Waals surface area contributed by atoms with Gasteiger partial charge >= 0.3 is 19.7 Å². The minimum atomic E-state index is -5.03. The van der Waals surface area contributed by atoms with Gasteiger partial charge in [-0.1, -0.05) is 18.2 Å². The van der Waals surface area contributed by atoms with E-state index < -0.39 is 36.6 Å². The van der Waals surface area contributed by atoms with E-state index in [0.717, 1.165) is 0 Å². The molecule has 0 atom stereocenters. The Bertz CT molecular complexity index is 655. The smallest absolute Gasteiger partial charge is 0.492 e. The lowest BCUT2D eigenvalue weighted by Gasteiger charge is -2.22. The quantitative estimate of drug-likeness (QED) is 0.627. The largest absolute Gasteiger partial charge is 0.808 e. The number of para-hydroxylation sites is 1. The first-order chi connectivity index (χ1) is 11.1. The fourth-order valence-corrected chi connectivity index (χ4v) is 1.74. The molecule has 0 radical (unpaired) electrons. The molecule has 128 valence electrons. The van der Waals surface area contributed by atoms with E-state index in [1.165, 1.54) is 24.3 Å². The summed E-state index contributed by atoms with van der Waals surface area (Å²) in [5.41, 5.74) is -3.17. The van der Waals surface area contributed by atoms with Gasteiger partial charge in [0, 0.05) is 0 Å². The first-order valence-corrected chi connectivity index (χ1v) is 6.39. The predicted molar refractivity (Wildman–Crippen MR) is 69.9 cm³/mol. The van der Waals surface area contributed by atoms with Gasteiger partial charge in [-0.15, -0.1) is 0 Å². The highest BCUT2D eigenvalue weighted by Crippen LogP contribution is 2.38. The molecule has 0 unspecified atom stereocenters. The number of alkyl halides is 6. The molecule has 24 heavy (non-hydrogen) atoms. The van der Waals surface area contributed by atoms with Gasteiger partial charge in [0.1, 0.15) is 11.5 Å². The zero-order chi connectivity index (χ0) is 18.0. The summed E-state index contributed by atoms with van der Waals surface area (Å²) in [5, 5.41) is 11.6. The Morgan fingerprint density at radius 1 is 0.708 bits per heavy atom. The molecule has 0 bridgehead atoms. The number of benzene rings is 2. The van der Waals surface area contributed by atoms with Gasteiger partial charge in [-0.3, -0.25) is 0 Å². The third-order valence-corrected chi connectivity index (χ3v) is 2.77. The van der Waals surface area contributed by atoms with Gasteiger partial charge in [0.2, 0.25) is 0 Å². The van der Waals surface area contributed by atoms with Crippen LogP contribution in [0.1, 0.15) is 11.1 Å². The molecule has 0 aliphatic rings. The van der Waals surface area contributed by atoms with Crippen LogP contribution in [0.2, 0.25) is 0 Å². The predicted octanol–water partition coefficient (Wildman–Crippen LogP) is 3.53. The van der Waals surface area contributed by atoms with Crippen molar-refractivity contribution in [1.29, 1.82) is 0 Å². The molecule has 0 saturated carbocycles. The maximum atomic E-state index is 12.7. The number of hydrogen-bond acceptors (Lipinski definition) is 3. The summed E-state index contributed by atoms with van der Waals surface area (Å²) in [6, 6.07) is 7.95. The van der Waals surface area contributed by atoms with E-state index in [1.807, 2.05) is 0 Å². The molecular weight excluding hydrogens is 341 g/mol. The molecule has 0 fully saturated rings. The maximum absolute atomic E-state index is 12.7. The van der Waals surface area contributed by atoms with Crippen molar-refractivity contribution in [3.8, 4) is 11.5 Å². The van der Waals surface area contributed by atoms with Gasteiger partial charge in [-0.05, 0) is 30.3 Å². The normalized spacial score (nSPS) is 12.0. The Labute approximate surface area is 132 Å². The molecule has 0 spiro atoms. The lowest BCUT2D eigenvalue weighted by Crippen LogP contribution is -2.44. The second-order valence-corrected chi connectivity index (χ2v) is 4.58. The fraction of sp³-hybridized carbons (Fsp3) is 0.143. The van der Waals surface area contributed by atoms with Gasteiger partial charge < -0.3 is 14.3 Å². The van der Waals surface area contributed by atoms with E-state index in [-0.39, 0.29) is 11.8 Å². The second-order valence-electron chi connectivity index (χ2n) is 4.58. The average Bonchev–Trinajstić information content (AvgIpc) is 2.46. The molecule has 0 saturated heterocycles. The topological polar surface area (TPSA) is 41.5 Å². The average molecular weight is 349 g/mol. The van der Waals surface area contributed by atoms with E-state index in [1.54, 1.807) is 6.07 Å². The van der Waals surface area contributed by atoms with Crippen LogP contribution in [0.5, 0.6) is 11.5 Å².